The van der Waals surface area contributed by atoms with Crippen molar-refractivity contribution < 1.29 is 9.53 Å². The van der Waals surface area contributed by atoms with Crippen LogP contribution in [0.2, 0.25) is 0 Å². The zero-order valence-corrected chi connectivity index (χ0v) is 11.4. The first-order valence-corrected chi connectivity index (χ1v) is 6.34. The molecule has 3 nitrogen and oxygen atoms in total. The zero-order chi connectivity index (χ0) is 12.3. The molecule has 0 spiro atoms. The minimum Gasteiger partial charge on any atom is -0.379 e. The van der Waals surface area contributed by atoms with Gasteiger partial charge >= 0.3 is 0 Å². The first-order valence-electron chi connectivity index (χ1n) is 5.80. The number of carbonyl (C=O) groups is 1. The number of nitrogens with zero attached hydrogens (tertiary/aromatic N) is 1. The Bertz CT molecular complexity index is 255. The second-order valence-electron chi connectivity index (χ2n) is 5.31. The molecule has 0 aliphatic carbocycles. The van der Waals surface area contributed by atoms with E-state index in [0.717, 1.165) is 13.0 Å². The van der Waals surface area contributed by atoms with Gasteiger partial charge in [0, 0.05) is 26.1 Å². The van der Waals surface area contributed by atoms with Crippen LogP contribution in [0.25, 0.3) is 0 Å². The summed E-state index contributed by atoms with van der Waals surface area (Å²) in [6.07, 6.45) is 1.16. The molecule has 0 aromatic heterocycles. The summed E-state index contributed by atoms with van der Waals surface area (Å²) in [6, 6.07) is 0. The highest BCUT2D eigenvalue weighted by Crippen LogP contribution is 2.26. The molecule has 0 aromatic rings. The molecular weight excluding hydrogens is 226 g/mol. The summed E-state index contributed by atoms with van der Waals surface area (Å²) in [4.78, 5) is 14.1. The fourth-order valence-electron chi connectivity index (χ4n) is 2.01. The van der Waals surface area contributed by atoms with Crippen molar-refractivity contribution in [2.75, 3.05) is 26.1 Å². The van der Waals surface area contributed by atoms with E-state index in [4.69, 9.17) is 16.3 Å². The van der Waals surface area contributed by atoms with Gasteiger partial charge < -0.3 is 9.64 Å². The van der Waals surface area contributed by atoms with Crippen LogP contribution in [0.1, 0.15) is 27.2 Å². The smallest absolute Gasteiger partial charge is 0.229 e. The van der Waals surface area contributed by atoms with Crippen molar-refractivity contribution in [2.24, 2.45) is 11.3 Å². The molecule has 1 saturated heterocycles. The maximum Gasteiger partial charge on any atom is 0.229 e. The second kappa shape index (κ2) is 5.37. The molecule has 1 heterocycles. The number of alkyl halides is 1. The Kier molecular flexibility index (Phi) is 4.62. The summed E-state index contributed by atoms with van der Waals surface area (Å²) in [6.45, 7) is 7.46. The van der Waals surface area contributed by atoms with E-state index >= 15 is 0 Å². The first-order chi connectivity index (χ1) is 7.42. The maximum atomic E-state index is 12.2. The van der Waals surface area contributed by atoms with Gasteiger partial charge in [0.05, 0.1) is 11.5 Å². The average Bonchev–Trinajstić information content (AvgIpc) is 2.28. The highest BCUT2D eigenvalue weighted by Gasteiger charge is 2.35. The van der Waals surface area contributed by atoms with Crippen LogP contribution in [0, 0.1) is 11.3 Å². The lowest BCUT2D eigenvalue weighted by Gasteiger charge is -2.39. The third-order valence-electron chi connectivity index (χ3n) is 3.39. The van der Waals surface area contributed by atoms with Gasteiger partial charge in [-0.1, -0.05) is 6.92 Å². The summed E-state index contributed by atoms with van der Waals surface area (Å²) in [5.74, 6) is 1.01. The van der Waals surface area contributed by atoms with E-state index in [1.165, 1.54) is 0 Å². The third kappa shape index (κ3) is 2.89. The van der Waals surface area contributed by atoms with Gasteiger partial charge in [-0.3, -0.25) is 4.79 Å². The number of amides is 1. The Hall–Kier alpha value is -0.280. The Labute approximate surface area is 103 Å². The monoisotopic (exact) mass is 247 g/mol. The van der Waals surface area contributed by atoms with Crippen LogP contribution in [0.15, 0.2) is 0 Å². The molecule has 1 fully saturated rings. The standard InChI is InChI=1S/C12H22ClNO2/c1-9-5-6-14(7-10(9)16-4)11(15)12(2,3)8-13/h9-10H,5-8H2,1-4H3. The Morgan fingerprint density at radius 3 is 2.69 bits per heavy atom. The van der Waals surface area contributed by atoms with Gasteiger partial charge in [-0.05, 0) is 26.2 Å². The van der Waals surface area contributed by atoms with E-state index in [9.17, 15) is 4.79 Å². The molecule has 0 radical (unpaired) electrons. The van der Waals surface area contributed by atoms with E-state index < -0.39 is 5.41 Å². The first kappa shape index (κ1) is 13.8. The Balaban J connectivity index is 2.65. The number of rotatable bonds is 3. The largest absolute Gasteiger partial charge is 0.379 e. The van der Waals surface area contributed by atoms with E-state index in [-0.39, 0.29) is 12.0 Å². The number of methoxy groups -OCH3 is 1. The lowest BCUT2D eigenvalue weighted by Crippen LogP contribution is -2.51. The van der Waals surface area contributed by atoms with Crippen LogP contribution in [0.4, 0.5) is 0 Å². The highest BCUT2D eigenvalue weighted by atomic mass is 35.5. The molecule has 1 rings (SSSR count). The fraction of sp³-hybridized carbons (Fsp3) is 0.917. The van der Waals surface area contributed by atoms with Crippen LogP contribution in [0.3, 0.4) is 0 Å². The molecule has 16 heavy (non-hydrogen) atoms. The average molecular weight is 248 g/mol. The number of hydrogen-bond acceptors (Lipinski definition) is 2. The molecule has 4 heteroatoms. The predicted octanol–water partition coefficient (Wildman–Crippen LogP) is 2.13. The molecule has 1 aliphatic heterocycles. The quantitative estimate of drug-likeness (QED) is 0.716. The van der Waals surface area contributed by atoms with Crippen LogP contribution in [-0.2, 0) is 9.53 Å². The number of likely N-dealkylation sites (tertiary alicyclic amines) is 1. The number of piperidine rings is 1. The van der Waals surface area contributed by atoms with Crippen LogP contribution in [-0.4, -0.2) is 43.0 Å². The summed E-state index contributed by atoms with van der Waals surface area (Å²) >= 11 is 5.83. The number of ether oxygens (including phenoxy) is 1. The molecular formula is C12H22ClNO2. The maximum absolute atomic E-state index is 12.2. The van der Waals surface area contributed by atoms with Crippen LogP contribution >= 0.6 is 11.6 Å². The van der Waals surface area contributed by atoms with Gasteiger partial charge in [0.2, 0.25) is 5.91 Å². The zero-order valence-electron chi connectivity index (χ0n) is 10.6. The number of carbonyl (C=O) groups excluding carboxylic acids is 1. The van der Waals surface area contributed by atoms with Gasteiger partial charge in [0.15, 0.2) is 0 Å². The van der Waals surface area contributed by atoms with Crippen LogP contribution < -0.4 is 0 Å². The Morgan fingerprint density at radius 1 is 1.56 bits per heavy atom. The molecule has 0 saturated carbocycles. The van der Waals surface area contributed by atoms with Gasteiger partial charge in [0.25, 0.3) is 0 Å². The topological polar surface area (TPSA) is 29.5 Å². The lowest BCUT2D eigenvalue weighted by atomic mass is 9.90. The summed E-state index contributed by atoms with van der Waals surface area (Å²) in [5, 5.41) is 0. The molecule has 2 unspecified atom stereocenters. The van der Waals surface area contributed by atoms with E-state index in [2.05, 4.69) is 6.92 Å². The highest BCUT2D eigenvalue weighted by molar-refractivity contribution is 6.19. The number of hydrogen-bond donors (Lipinski definition) is 0. The molecule has 0 N–H and O–H groups in total. The van der Waals surface area contributed by atoms with E-state index in [0.29, 0.717) is 18.3 Å². The SMILES string of the molecule is COC1CN(C(=O)C(C)(C)CCl)CCC1C. The van der Waals surface area contributed by atoms with Crippen molar-refractivity contribution in [1.29, 1.82) is 0 Å². The molecule has 1 aliphatic rings. The molecule has 1 amide bonds. The minimum absolute atomic E-state index is 0.136. The van der Waals surface area contributed by atoms with Crippen molar-refractivity contribution in [1.82, 2.24) is 4.90 Å². The molecule has 0 bridgehead atoms. The van der Waals surface area contributed by atoms with Gasteiger partial charge in [-0.15, -0.1) is 11.6 Å². The van der Waals surface area contributed by atoms with Crippen molar-refractivity contribution in [3.05, 3.63) is 0 Å². The van der Waals surface area contributed by atoms with Gasteiger partial charge in [0.1, 0.15) is 0 Å². The van der Waals surface area contributed by atoms with Crippen LogP contribution in [0.5, 0.6) is 0 Å². The minimum atomic E-state index is -0.472. The van der Waals surface area contributed by atoms with Gasteiger partial charge in [-0.2, -0.15) is 0 Å². The number of halogens is 1. The van der Waals surface area contributed by atoms with Crippen molar-refractivity contribution in [3.8, 4) is 0 Å². The lowest BCUT2D eigenvalue weighted by molar-refractivity contribution is -0.144. The van der Waals surface area contributed by atoms with E-state index in [1.807, 2.05) is 18.7 Å². The fourth-order valence-corrected chi connectivity index (χ4v) is 2.12. The third-order valence-corrected chi connectivity index (χ3v) is 4.06. The normalized spacial score (nSPS) is 26.9. The van der Waals surface area contributed by atoms with Crippen molar-refractivity contribution in [2.45, 2.75) is 33.3 Å². The summed E-state index contributed by atoms with van der Waals surface area (Å²) in [5.41, 5.74) is -0.472. The van der Waals surface area contributed by atoms with Crippen molar-refractivity contribution >= 4 is 17.5 Å². The van der Waals surface area contributed by atoms with E-state index in [1.54, 1.807) is 7.11 Å². The molecule has 2 atom stereocenters. The summed E-state index contributed by atoms with van der Waals surface area (Å²) in [7, 11) is 1.71. The second-order valence-corrected chi connectivity index (χ2v) is 5.58. The predicted molar refractivity (Wildman–Crippen MR) is 65.7 cm³/mol. The summed E-state index contributed by atoms with van der Waals surface area (Å²) < 4.78 is 5.40. The molecule has 0 aromatic carbocycles. The van der Waals surface area contributed by atoms with Crippen molar-refractivity contribution in [3.63, 3.8) is 0 Å². The Morgan fingerprint density at radius 2 is 2.19 bits per heavy atom. The molecule has 94 valence electrons. The van der Waals surface area contributed by atoms with Gasteiger partial charge in [-0.25, -0.2) is 0 Å².